The molecule has 7 aromatic rings. The van der Waals surface area contributed by atoms with E-state index in [1.807, 2.05) is 0 Å². The monoisotopic (exact) mass is 882 g/mol. The molecule has 12 atom stereocenters. The van der Waals surface area contributed by atoms with Crippen molar-refractivity contribution in [3.05, 3.63) is 318 Å². The molecule has 7 aromatic carbocycles. The Morgan fingerprint density at radius 1 is 0.314 bits per heavy atom. The lowest BCUT2D eigenvalue weighted by Crippen LogP contribution is -2.64. The van der Waals surface area contributed by atoms with Crippen LogP contribution in [0.3, 0.4) is 0 Å². The first-order valence-corrected chi connectivity index (χ1v) is 26.2. The van der Waals surface area contributed by atoms with Gasteiger partial charge in [-0.15, -0.1) is 0 Å². The highest BCUT2D eigenvalue weighted by molar-refractivity contribution is 6.09. The van der Waals surface area contributed by atoms with Crippen molar-refractivity contribution in [1.29, 1.82) is 0 Å². The smallest absolute Gasteiger partial charge is 0.0693 e. The Kier molecular flexibility index (Phi) is 5.12. The Hall–Kier alpha value is -7.54. The van der Waals surface area contributed by atoms with Crippen LogP contribution in [0.1, 0.15) is 61.2 Å². The Labute approximate surface area is 406 Å². The molecule has 0 aliphatic heterocycles. The maximum absolute atomic E-state index is 2.78. The average Bonchev–Trinajstić information content (AvgIpc) is 4.35. The van der Waals surface area contributed by atoms with Crippen molar-refractivity contribution in [2.24, 2.45) is 41.4 Å². The first kappa shape index (κ1) is 34.7. The van der Waals surface area contributed by atoms with Gasteiger partial charge in [-0.25, -0.2) is 0 Å². The zero-order valence-electron chi connectivity index (χ0n) is 38.2. The lowest BCUT2D eigenvalue weighted by molar-refractivity contribution is 0.0998. The van der Waals surface area contributed by atoms with Crippen LogP contribution in [0.4, 0.5) is 0 Å². The van der Waals surface area contributed by atoms with Crippen LogP contribution in [0.25, 0.3) is 22.3 Å². The minimum Gasteiger partial charge on any atom is -0.0802 e. The summed E-state index contributed by atoms with van der Waals surface area (Å²) >= 11 is 0. The van der Waals surface area contributed by atoms with Crippen molar-refractivity contribution in [3.8, 4) is 11.1 Å². The summed E-state index contributed by atoms with van der Waals surface area (Å²) in [6.07, 6.45) is 16.2. The molecular formula is C70H42. The molecule has 0 aromatic heterocycles. The maximum atomic E-state index is 2.78. The van der Waals surface area contributed by atoms with Gasteiger partial charge in [0.1, 0.15) is 0 Å². The molecule has 70 heavy (non-hydrogen) atoms. The van der Waals surface area contributed by atoms with Gasteiger partial charge in [0.2, 0.25) is 0 Å². The van der Waals surface area contributed by atoms with Crippen molar-refractivity contribution < 1.29 is 0 Å². The fraction of sp³-hybridized carbons (Fsp3) is 0.171. The van der Waals surface area contributed by atoms with E-state index >= 15 is 0 Å². The van der Waals surface area contributed by atoms with E-state index in [9.17, 15) is 0 Å². The van der Waals surface area contributed by atoms with Crippen molar-refractivity contribution in [3.63, 3.8) is 0 Å². The van der Waals surface area contributed by atoms with Gasteiger partial charge in [0.25, 0.3) is 0 Å². The van der Waals surface area contributed by atoms with Crippen LogP contribution in [0.2, 0.25) is 0 Å². The van der Waals surface area contributed by atoms with Crippen molar-refractivity contribution >= 4 is 11.1 Å². The first-order valence-electron chi connectivity index (χ1n) is 26.2. The summed E-state index contributed by atoms with van der Waals surface area (Å²) in [6, 6.07) is 71.4. The number of hydrogen-bond donors (Lipinski definition) is 0. The molecule has 0 saturated heterocycles. The van der Waals surface area contributed by atoms with Crippen LogP contribution in [0.15, 0.2) is 257 Å². The third kappa shape index (κ3) is 2.78. The topological polar surface area (TPSA) is 0 Å². The minimum absolute atomic E-state index is 0.0868. The summed E-state index contributed by atoms with van der Waals surface area (Å²) in [6.45, 7) is 0. The van der Waals surface area contributed by atoms with Gasteiger partial charge in [0.15, 0.2) is 0 Å². The van der Waals surface area contributed by atoms with Crippen LogP contribution in [-0.4, -0.2) is 0 Å². The molecule has 0 N–H and O–H groups in total. The van der Waals surface area contributed by atoms with E-state index in [1.165, 1.54) is 55.7 Å². The van der Waals surface area contributed by atoms with Gasteiger partial charge in [-0.1, -0.05) is 212 Å². The van der Waals surface area contributed by atoms with Crippen LogP contribution >= 0.6 is 0 Å². The zero-order chi connectivity index (χ0) is 44.6. The SMILES string of the molecule is C1=CC2C3C=CC4=C5C=CC6=C7C5C5(c8ccccc8)C8=C9C%10=C%11C8C7(c7ccccc7)c7c6ccc6c7C%11(c7ccccc7)c7c-6ccc6c7C%10(c7ccccc7)C(=C16)C2C9(c1ccccc1)C3C45. The molecule has 0 amide bonds. The molecule has 322 valence electrons. The van der Waals surface area contributed by atoms with Gasteiger partial charge in [0, 0.05) is 34.5 Å². The van der Waals surface area contributed by atoms with Crippen LogP contribution in [-0.2, 0) is 27.1 Å². The molecule has 3 saturated carbocycles. The highest BCUT2D eigenvalue weighted by atomic mass is 14.9. The minimum atomic E-state index is -0.499. The third-order valence-corrected chi connectivity index (χ3v) is 22.3. The number of hydrogen-bond acceptors (Lipinski definition) is 0. The fourth-order valence-electron chi connectivity index (χ4n) is 21.6. The molecule has 14 aliphatic rings. The molecule has 0 heteroatoms. The molecule has 21 rings (SSSR count). The molecule has 0 nitrogen and oxygen atoms in total. The Morgan fingerprint density at radius 2 is 0.843 bits per heavy atom. The summed E-state index contributed by atoms with van der Waals surface area (Å²) in [5, 5.41) is 0. The number of fused-ring (bicyclic) bond motifs is 4. The van der Waals surface area contributed by atoms with E-state index in [-0.39, 0.29) is 28.6 Å². The third-order valence-electron chi connectivity index (χ3n) is 22.3. The lowest BCUT2D eigenvalue weighted by atomic mass is 9.35. The Balaban J connectivity index is 1.14. The van der Waals surface area contributed by atoms with E-state index < -0.39 is 16.2 Å². The van der Waals surface area contributed by atoms with Gasteiger partial charge in [-0.2, -0.15) is 0 Å². The fourth-order valence-corrected chi connectivity index (χ4v) is 21.6. The molecule has 3 fully saturated rings. The van der Waals surface area contributed by atoms with Crippen molar-refractivity contribution in [1.82, 2.24) is 0 Å². The van der Waals surface area contributed by atoms with Gasteiger partial charge in [-0.3, -0.25) is 0 Å². The molecular weight excluding hydrogens is 841 g/mol. The maximum Gasteiger partial charge on any atom is 0.0693 e. The number of benzene rings is 7. The second-order valence-electron chi connectivity index (χ2n) is 23.4. The van der Waals surface area contributed by atoms with E-state index in [1.54, 1.807) is 72.4 Å². The molecule has 0 spiro atoms. The van der Waals surface area contributed by atoms with Crippen LogP contribution < -0.4 is 0 Å². The largest absolute Gasteiger partial charge is 0.0802 e. The predicted molar refractivity (Wildman–Crippen MR) is 276 cm³/mol. The second-order valence-corrected chi connectivity index (χ2v) is 23.4. The first-order chi connectivity index (χ1) is 34.8. The van der Waals surface area contributed by atoms with Crippen molar-refractivity contribution in [2.45, 2.75) is 27.1 Å². The van der Waals surface area contributed by atoms with E-state index in [2.05, 4.69) is 212 Å². The Bertz CT molecular complexity index is 4130. The molecule has 14 aliphatic carbocycles. The molecule has 0 heterocycles. The summed E-state index contributed by atoms with van der Waals surface area (Å²) in [5.74, 6) is 1.94. The number of rotatable bonds is 5. The van der Waals surface area contributed by atoms with Gasteiger partial charge in [-0.05, 0) is 146 Å². The summed E-state index contributed by atoms with van der Waals surface area (Å²) in [4.78, 5) is 0. The van der Waals surface area contributed by atoms with E-state index in [4.69, 9.17) is 0 Å². The Morgan fingerprint density at radius 3 is 1.51 bits per heavy atom. The van der Waals surface area contributed by atoms with Crippen molar-refractivity contribution in [2.75, 3.05) is 0 Å². The second kappa shape index (κ2) is 10.3. The highest BCUT2D eigenvalue weighted by Gasteiger charge is 2.88. The standard InChI is InChI=1S/C70H42/c1-6-16-36(17-7-1)66-51-41-26-28-43-45-30-32-47-49-34-35-50-48-33-31-46-44-29-27-42(41)52(66)54(44)68(38-20-10-3-11-21-38)56(46)58(48)70(40-24-14-5-15-25-40)60(50)59(49)69(39-22-12-4-13-23-39)57(47)55(45)67(53(43)51,37-18-8-2-9-19-37)62-61(66)63(68)65(70)64(62)69/h1-35,41-42,51-53,55,64H. The highest BCUT2D eigenvalue weighted by Crippen LogP contribution is 2.93. The quantitative estimate of drug-likeness (QED) is 0.162. The van der Waals surface area contributed by atoms with Gasteiger partial charge < -0.3 is 0 Å². The normalized spacial score (nSPS) is 37.7. The summed E-state index contributed by atoms with van der Waals surface area (Å²) in [5.41, 5.74) is 34.4. The average molecular weight is 883 g/mol. The zero-order valence-corrected chi connectivity index (χ0v) is 38.2. The molecule has 12 unspecified atom stereocenters. The predicted octanol–water partition coefficient (Wildman–Crippen LogP) is 14.0. The van der Waals surface area contributed by atoms with E-state index in [0.717, 1.165) is 0 Å². The lowest BCUT2D eigenvalue weighted by Gasteiger charge is -2.66. The molecule has 0 bridgehead atoms. The van der Waals surface area contributed by atoms with Crippen LogP contribution in [0, 0.1) is 41.4 Å². The summed E-state index contributed by atoms with van der Waals surface area (Å²) in [7, 11) is 0. The van der Waals surface area contributed by atoms with Gasteiger partial charge in [0.05, 0.1) is 16.2 Å². The molecule has 0 radical (unpaired) electrons. The van der Waals surface area contributed by atoms with E-state index in [0.29, 0.717) is 23.7 Å². The number of allylic oxidation sites excluding steroid dienone is 16. The van der Waals surface area contributed by atoms with Crippen LogP contribution in [0.5, 0.6) is 0 Å². The summed E-state index contributed by atoms with van der Waals surface area (Å²) < 4.78 is 0. The van der Waals surface area contributed by atoms with Gasteiger partial charge >= 0.3 is 0 Å².